The van der Waals surface area contributed by atoms with Crippen LogP contribution in [0.4, 0.5) is 0 Å². The Hall–Kier alpha value is 0.796. The fourth-order valence-corrected chi connectivity index (χ4v) is 0. The van der Waals surface area contributed by atoms with Crippen molar-refractivity contribution in [1.82, 2.24) is 6.15 Å². The number of hydrogen-bond acceptors (Lipinski definition) is 1. The van der Waals surface area contributed by atoms with Crippen LogP contribution in [0.15, 0.2) is 0 Å². The summed E-state index contributed by atoms with van der Waals surface area (Å²) in [7, 11) is -4.64. The van der Waals surface area contributed by atoms with Gasteiger partial charge in [0.25, 0.3) is 0 Å². The molecule has 0 heterocycles. The largest absolute Gasteiger partial charge is 2.00 e. The Labute approximate surface area is 62.2 Å². The first-order chi connectivity index (χ1) is 2.00. The van der Waals surface area contributed by atoms with Crippen LogP contribution in [0.2, 0.25) is 0 Å². The van der Waals surface area contributed by atoms with Gasteiger partial charge in [-0.25, -0.2) is 4.57 Å². The van der Waals surface area contributed by atoms with E-state index in [9.17, 15) is 0 Å². The second-order valence-electron chi connectivity index (χ2n) is 0.513. The average Bonchev–Trinajstić information content (AvgIpc) is 0.722. The van der Waals surface area contributed by atoms with Crippen molar-refractivity contribution < 1.29 is 24.7 Å². The number of hydrogen-bond donors (Lipinski definition) is 3. The summed E-state index contributed by atoms with van der Waals surface area (Å²) in [6, 6.07) is 0. The summed E-state index contributed by atoms with van der Waals surface area (Å²) in [6.07, 6.45) is 0. The van der Waals surface area contributed by atoms with Crippen molar-refractivity contribution in [2.75, 3.05) is 0 Å². The maximum Gasteiger partial charge on any atom is 2.00 e. The van der Waals surface area contributed by atoms with Gasteiger partial charge in [-0.05, 0) is 0 Å². The smallest absolute Gasteiger partial charge is 2.00 e. The first-order valence-electron chi connectivity index (χ1n) is 0.783. The van der Waals surface area contributed by atoms with Gasteiger partial charge in [-0.2, -0.15) is 0 Å². The van der Waals surface area contributed by atoms with Crippen LogP contribution in [0, 0.1) is 0 Å². The minimum Gasteiger partial charge on any atom is -2.00 e. The van der Waals surface area contributed by atoms with E-state index in [4.69, 9.17) is 19.2 Å². The summed E-state index contributed by atoms with van der Waals surface area (Å²) in [4.78, 5) is 21.6. The summed E-state index contributed by atoms with van der Waals surface area (Å²) in [5.74, 6) is 0. The number of rotatable bonds is 0. The van der Waals surface area contributed by atoms with Gasteiger partial charge in [0.15, 0.2) is 0 Å². The molecule has 6 nitrogen and oxygen atoms in total. The van der Waals surface area contributed by atoms with E-state index in [1.165, 1.54) is 0 Å². The molecule has 0 aromatic heterocycles. The van der Waals surface area contributed by atoms with Crippen LogP contribution in [-0.4, -0.2) is 37.7 Å². The van der Waals surface area contributed by atoms with Gasteiger partial charge in [-0.15, -0.1) is 0 Å². The zero-order valence-electron chi connectivity index (χ0n) is 3.76. The molecule has 0 amide bonds. The van der Waals surface area contributed by atoms with E-state index in [2.05, 4.69) is 0 Å². The maximum absolute atomic E-state index is 8.88. The van der Waals surface area contributed by atoms with Crippen LogP contribution in [-0.2, 0) is 10.0 Å². The van der Waals surface area contributed by atoms with Gasteiger partial charge in [-0.1, -0.05) is 0 Å². The monoisotopic (exact) mass is 152 g/mol. The van der Waals surface area contributed by atoms with Gasteiger partial charge in [-0.3, -0.25) is 0 Å². The maximum atomic E-state index is 8.88. The van der Waals surface area contributed by atoms with Crippen LogP contribution in [0.25, 0.3) is 0 Å². The molecule has 0 aromatic rings. The Morgan fingerprint density at radius 1 is 1.12 bits per heavy atom. The minimum absolute atomic E-state index is 0. The average molecular weight is 152 g/mol. The van der Waals surface area contributed by atoms with Gasteiger partial charge >= 0.3 is 37.0 Å². The van der Waals surface area contributed by atoms with Crippen molar-refractivity contribution in [3.05, 3.63) is 0 Å². The third-order valence-electron chi connectivity index (χ3n) is 0. The fraction of sp³-hybridized carbons (Fsp3) is 0. The molecule has 3 N–H and O–H groups in total. The molecule has 4 radical (unpaired) electrons. The normalized spacial score (nSPS) is 7.38. The van der Waals surface area contributed by atoms with Gasteiger partial charge in [0.2, 0.25) is 0 Å². The minimum atomic E-state index is -4.64. The van der Waals surface area contributed by atoms with Crippen LogP contribution in [0.3, 0.4) is 0 Å². The quantitative estimate of drug-likeness (QED) is 0.275. The van der Waals surface area contributed by atoms with Crippen LogP contribution >= 0.6 is 7.82 Å². The Balaban J connectivity index is -0.0000000267. The van der Waals surface area contributed by atoms with E-state index < -0.39 is 7.82 Å². The SMILES string of the molecule is O=P(O)(O)O.[Mg+2].[N+].[O-2]. The Morgan fingerprint density at radius 2 is 1.12 bits per heavy atom. The molecule has 44 valence electrons. The summed E-state index contributed by atoms with van der Waals surface area (Å²) >= 11 is 0. The molecule has 8 heavy (non-hydrogen) atoms. The first kappa shape index (κ1) is 23.2. The molecule has 0 aliphatic heterocycles. The molecule has 0 rings (SSSR count). The number of nitrogens with zero attached hydrogens (tertiary/aromatic N) is 1. The van der Waals surface area contributed by atoms with Crippen molar-refractivity contribution >= 4 is 30.9 Å². The summed E-state index contributed by atoms with van der Waals surface area (Å²) < 4.78 is 8.88. The fourth-order valence-electron chi connectivity index (χ4n) is 0. The topological polar surface area (TPSA) is 137 Å². The zero-order valence-corrected chi connectivity index (χ0v) is 6.07. The third-order valence-corrected chi connectivity index (χ3v) is 0. The summed E-state index contributed by atoms with van der Waals surface area (Å²) in [5.41, 5.74) is 0. The van der Waals surface area contributed by atoms with Crippen LogP contribution in [0.1, 0.15) is 0 Å². The van der Waals surface area contributed by atoms with Crippen molar-refractivity contribution in [1.29, 1.82) is 0 Å². The van der Waals surface area contributed by atoms with Gasteiger partial charge in [0, 0.05) is 0 Å². The number of phosphoric acid groups is 1. The van der Waals surface area contributed by atoms with Crippen molar-refractivity contribution in [2.45, 2.75) is 0 Å². The second-order valence-corrected chi connectivity index (χ2v) is 1.54. The van der Waals surface area contributed by atoms with Crippen molar-refractivity contribution in [2.24, 2.45) is 0 Å². The van der Waals surface area contributed by atoms with Crippen molar-refractivity contribution in [3.8, 4) is 0 Å². The van der Waals surface area contributed by atoms with E-state index in [-0.39, 0.29) is 34.7 Å². The standard InChI is InChI=1S/Mg.N.H3O4P.O/c;;1-5(2,3)4;/h;;(H3,1,2,3,4);/q+2;+1;;-2. The summed E-state index contributed by atoms with van der Waals surface area (Å²) in [6.45, 7) is 0. The predicted molar refractivity (Wildman–Crippen MR) is 22.8 cm³/mol. The zero-order chi connectivity index (χ0) is 4.50. The molecular formula is H3MgNO5P+. The molecule has 8 heteroatoms. The Morgan fingerprint density at radius 3 is 1.12 bits per heavy atom. The molecule has 0 fully saturated rings. The molecule has 0 spiro atoms. The van der Waals surface area contributed by atoms with Crippen molar-refractivity contribution in [3.63, 3.8) is 0 Å². The van der Waals surface area contributed by atoms with E-state index >= 15 is 0 Å². The first-order valence-corrected chi connectivity index (χ1v) is 2.35. The molecule has 0 saturated carbocycles. The molecule has 0 bridgehead atoms. The van der Waals surface area contributed by atoms with Gasteiger partial charge < -0.3 is 20.2 Å². The molecule has 0 unspecified atom stereocenters. The molecule has 0 aliphatic carbocycles. The molecule has 0 saturated heterocycles. The van der Waals surface area contributed by atoms with Gasteiger partial charge in [0.1, 0.15) is 0 Å². The van der Waals surface area contributed by atoms with Crippen LogP contribution < -0.4 is 6.15 Å². The Kier molecular flexibility index (Phi) is 22.6. The van der Waals surface area contributed by atoms with E-state index in [0.717, 1.165) is 0 Å². The third kappa shape index (κ3) is 360. The Bertz CT molecular complexity index is 58.6. The van der Waals surface area contributed by atoms with Crippen LogP contribution in [0.5, 0.6) is 0 Å². The van der Waals surface area contributed by atoms with E-state index in [0.29, 0.717) is 0 Å². The molecule has 0 aliphatic rings. The van der Waals surface area contributed by atoms with E-state index in [1.54, 1.807) is 0 Å². The predicted octanol–water partition coefficient (Wildman–Crippen LogP) is -1.91. The van der Waals surface area contributed by atoms with E-state index in [1.807, 2.05) is 0 Å². The molecular weight excluding hydrogens is 149 g/mol. The molecule has 0 aromatic carbocycles. The van der Waals surface area contributed by atoms with Gasteiger partial charge in [0.05, 0.1) is 0 Å². The molecule has 0 atom stereocenters. The second kappa shape index (κ2) is 7.80. The summed E-state index contributed by atoms with van der Waals surface area (Å²) in [5, 5.41) is 0.